The molecule has 0 spiro atoms. The highest BCUT2D eigenvalue weighted by molar-refractivity contribution is 8.00. The number of carbonyl (C=O) groups excluding carboxylic acids is 1. The molecule has 3 rings (SSSR count). The maximum absolute atomic E-state index is 12.3. The van der Waals surface area contributed by atoms with Gasteiger partial charge in [0.1, 0.15) is 5.75 Å². The van der Waals surface area contributed by atoms with Crippen LogP contribution in [0.3, 0.4) is 0 Å². The molecule has 1 aromatic carbocycles. The third-order valence-electron chi connectivity index (χ3n) is 3.93. The third-order valence-corrected chi connectivity index (χ3v) is 4.99. The molecule has 3 aromatic rings. The van der Waals surface area contributed by atoms with Crippen LogP contribution >= 0.6 is 11.8 Å². The molecule has 27 heavy (non-hydrogen) atoms. The number of carbonyl (C=O) groups is 1. The number of amides is 1. The van der Waals surface area contributed by atoms with E-state index in [2.05, 4.69) is 15.5 Å². The van der Waals surface area contributed by atoms with Crippen LogP contribution in [0.4, 0.5) is 0 Å². The fraction of sp³-hybridized carbons (Fsp3) is 0.278. The first kappa shape index (κ1) is 18.8. The summed E-state index contributed by atoms with van der Waals surface area (Å²) in [5.74, 6) is 7.67. The third kappa shape index (κ3) is 4.62. The number of nitrogen functional groups attached to an aromatic ring is 1. The number of hydrogen-bond donors (Lipinski definition) is 2. The van der Waals surface area contributed by atoms with E-state index in [0.29, 0.717) is 23.3 Å². The lowest BCUT2D eigenvalue weighted by molar-refractivity contribution is -0.120. The molecule has 1 atom stereocenters. The van der Waals surface area contributed by atoms with Crippen molar-refractivity contribution < 1.29 is 13.9 Å². The van der Waals surface area contributed by atoms with E-state index in [1.807, 2.05) is 24.3 Å². The van der Waals surface area contributed by atoms with Gasteiger partial charge in [-0.25, -0.2) is 4.68 Å². The number of nitrogens with two attached hydrogens (primary N) is 1. The van der Waals surface area contributed by atoms with Crippen LogP contribution in [0.15, 0.2) is 52.2 Å². The normalized spacial score (nSPS) is 11.9. The molecular formula is C18H21N5O3S. The number of rotatable bonds is 8. The van der Waals surface area contributed by atoms with Crippen molar-refractivity contribution in [2.24, 2.45) is 0 Å². The smallest absolute Gasteiger partial charge is 0.233 e. The van der Waals surface area contributed by atoms with E-state index >= 15 is 0 Å². The molecule has 0 unspecified atom stereocenters. The summed E-state index contributed by atoms with van der Waals surface area (Å²) >= 11 is 1.24. The predicted octanol–water partition coefficient (Wildman–Crippen LogP) is 2.10. The minimum Gasteiger partial charge on any atom is -0.497 e. The summed E-state index contributed by atoms with van der Waals surface area (Å²) in [4.78, 5) is 12.3. The molecule has 9 heteroatoms. The fourth-order valence-electron chi connectivity index (χ4n) is 2.41. The van der Waals surface area contributed by atoms with Gasteiger partial charge in [-0.05, 0) is 43.2 Å². The summed E-state index contributed by atoms with van der Waals surface area (Å²) in [6.45, 7) is 2.34. The summed E-state index contributed by atoms with van der Waals surface area (Å²) in [6, 6.07) is 11.3. The molecule has 0 saturated carbocycles. The Morgan fingerprint density at radius 1 is 1.33 bits per heavy atom. The summed E-state index contributed by atoms with van der Waals surface area (Å²) < 4.78 is 11.7. The van der Waals surface area contributed by atoms with Gasteiger partial charge in [0.2, 0.25) is 16.9 Å². The average molecular weight is 387 g/mol. The SMILES string of the molecule is COc1ccc(CCNC(=O)[C@H](C)Sc2nnc(-c3ccco3)n2N)cc1. The van der Waals surface area contributed by atoms with Crippen molar-refractivity contribution in [2.75, 3.05) is 19.5 Å². The summed E-state index contributed by atoms with van der Waals surface area (Å²) in [5.41, 5.74) is 1.13. The molecular weight excluding hydrogens is 366 g/mol. The van der Waals surface area contributed by atoms with Gasteiger partial charge in [0.05, 0.1) is 18.6 Å². The molecule has 0 bridgehead atoms. The Kier molecular flexibility index (Phi) is 6.02. The van der Waals surface area contributed by atoms with Gasteiger partial charge < -0.3 is 20.3 Å². The van der Waals surface area contributed by atoms with Crippen LogP contribution < -0.4 is 15.9 Å². The molecule has 1 amide bonds. The van der Waals surface area contributed by atoms with E-state index in [1.54, 1.807) is 26.2 Å². The van der Waals surface area contributed by atoms with E-state index in [-0.39, 0.29) is 11.2 Å². The van der Waals surface area contributed by atoms with Crippen LogP contribution in [-0.4, -0.2) is 39.7 Å². The number of thioether (sulfide) groups is 1. The highest BCUT2D eigenvalue weighted by Crippen LogP contribution is 2.24. The van der Waals surface area contributed by atoms with E-state index < -0.39 is 0 Å². The molecule has 0 aliphatic rings. The summed E-state index contributed by atoms with van der Waals surface area (Å²) in [7, 11) is 1.63. The standard InChI is InChI=1S/C18H21N5O3S/c1-12(17(24)20-10-9-13-5-7-14(25-2)8-6-13)27-18-22-21-16(23(18)19)15-4-3-11-26-15/h3-8,11-12H,9-10,19H2,1-2H3,(H,20,24)/t12-/m0/s1. The summed E-state index contributed by atoms with van der Waals surface area (Å²) in [6.07, 6.45) is 2.28. The first-order valence-electron chi connectivity index (χ1n) is 8.40. The lowest BCUT2D eigenvalue weighted by atomic mass is 10.1. The van der Waals surface area contributed by atoms with Crippen molar-refractivity contribution in [3.8, 4) is 17.3 Å². The molecule has 0 aliphatic heterocycles. The Morgan fingerprint density at radius 3 is 2.78 bits per heavy atom. The zero-order valence-electron chi connectivity index (χ0n) is 15.1. The minimum absolute atomic E-state index is 0.0870. The van der Waals surface area contributed by atoms with Crippen LogP contribution in [0, 0.1) is 0 Å². The molecule has 2 aromatic heterocycles. The Bertz CT molecular complexity index is 877. The number of furan rings is 1. The van der Waals surface area contributed by atoms with Crippen molar-refractivity contribution in [2.45, 2.75) is 23.8 Å². The van der Waals surface area contributed by atoms with Gasteiger partial charge in [-0.15, -0.1) is 10.2 Å². The molecule has 0 fully saturated rings. The maximum Gasteiger partial charge on any atom is 0.233 e. The maximum atomic E-state index is 12.3. The predicted molar refractivity (Wildman–Crippen MR) is 103 cm³/mol. The van der Waals surface area contributed by atoms with Crippen molar-refractivity contribution >= 4 is 17.7 Å². The number of hydrogen-bond acceptors (Lipinski definition) is 7. The highest BCUT2D eigenvalue weighted by atomic mass is 32.2. The molecule has 0 saturated heterocycles. The Hall–Kier alpha value is -2.94. The van der Waals surface area contributed by atoms with Crippen molar-refractivity contribution in [3.63, 3.8) is 0 Å². The van der Waals surface area contributed by atoms with Crippen LogP contribution in [0.5, 0.6) is 5.75 Å². The van der Waals surface area contributed by atoms with Gasteiger partial charge in [0, 0.05) is 6.54 Å². The molecule has 3 N–H and O–H groups in total. The van der Waals surface area contributed by atoms with Gasteiger partial charge >= 0.3 is 0 Å². The molecule has 142 valence electrons. The second-order valence-electron chi connectivity index (χ2n) is 5.80. The number of nitrogens with one attached hydrogen (secondary N) is 1. The molecule has 2 heterocycles. The van der Waals surface area contributed by atoms with E-state index in [4.69, 9.17) is 15.0 Å². The van der Waals surface area contributed by atoms with Crippen molar-refractivity contribution in [3.05, 3.63) is 48.2 Å². The quantitative estimate of drug-likeness (QED) is 0.450. The first-order valence-corrected chi connectivity index (χ1v) is 9.28. The summed E-state index contributed by atoms with van der Waals surface area (Å²) in [5, 5.41) is 11.1. The molecule has 0 radical (unpaired) electrons. The molecule has 0 aliphatic carbocycles. The second kappa shape index (κ2) is 8.63. The van der Waals surface area contributed by atoms with Crippen LogP contribution in [0.1, 0.15) is 12.5 Å². The lowest BCUT2D eigenvalue weighted by Crippen LogP contribution is -2.32. The average Bonchev–Trinajstić information content (AvgIpc) is 3.32. The van der Waals surface area contributed by atoms with Crippen LogP contribution in [-0.2, 0) is 11.2 Å². The number of methoxy groups -OCH3 is 1. The fourth-order valence-corrected chi connectivity index (χ4v) is 3.20. The number of ether oxygens (including phenoxy) is 1. The van der Waals surface area contributed by atoms with E-state index in [1.165, 1.54) is 22.7 Å². The highest BCUT2D eigenvalue weighted by Gasteiger charge is 2.20. The Balaban J connectivity index is 1.50. The van der Waals surface area contributed by atoms with Gasteiger partial charge in [0.25, 0.3) is 0 Å². The second-order valence-corrected chi connectivity index (χ2v) is 7.11. The van der Waals surface area contributed by atoms with Gasteiger partial charge in [0.15, 0.2) is 5.76 Å². The minimum atomic E-state index is -0.364. The topological polar surface area (TPSA) is 108 Å². The zero-order valence-corrected chi connectivity index (χ0v) is 15.9. The molecule has 8 nitrogen and oxygen atoms in total. The van der Waals surface area contributed by atoms with Crippen LogP contribution in [0.25, 0.3) is 11.6 Å². The Morgan fingerprint density at radius 2 is 2.11 bits per heavy atom. The van der Waals surface area contributed by atoms with E-state index in [0.717, 1.165) is 17.7 Å². The zero-order chi connectivity index (χ0) is 19.2. The number of nitrogens with zero attached hydrogens (tertiary/aromatic N) is 3. The Labute approximate surface area is 161 Å². The van der Waals surface area contributed by atoms with Crippen molar-refractivity contribution in [1.29, 1.82) is 0 Å². The van der Waals surface area contributed by atoms with E-state index in [9.17, 15) is 4.79 Å². The monoisotopic (exact) mass is 387 g/mol. The number of benzene rings is 1. The van der Waals surface area contributed by atoms with Gasteiger partial charge in [-0.3, -0.25) is 4.79 Å². The largest absolute Gasteiger partial charge is 0.497 e. The number of aromatic nitrogens is 3. The lowest BCUT2D eigenvalue weighted by Gasteiger charge is -2.11. The van der Waals surface area contributed by atoms with Gasteiger partial charge in [-0.2, -0.15) is 0 Å². The van der Waals surface area contributed by atoms with Gasteiger partial charge in [-0.1, -0.05) is 23.9 Å². The first-order chi connectivity index (χ1) is 13.1. The van der Waals surface area contributed by atoms with Crippen LogP contribution in [0.2, 0.25) is 0 Å². The van der Waals surface area contributed by atoms with Crippen molar-refractivity contribution in [1.82, 2.24) is 20.2 Å².